The van der Waals surface area contributed by atoms with E-state index in [1.165, 1.54) is 11.3 Å². The van der Waals surface area contributed by atoms with Crippen LogP contribution in [0.4, 0.5) is 5.13 Å². The molecule has 7 heavy (non-hydrogen) atoms. The van der Waals surface area contributed by atoms with Gasteiger partial charge in [-0.15, -0.1) is 11.3 Å². The molecule has 0 spiro atoms. The van der Waals surface area contributed by atoms with E-state index in [-0.39, 0.29) is 5.13 Å². The molecule has 0 unspecified atom stereocenters. The summed E-state index contributed by atoms with van der Waals surface area (Å²) in [5.41, 5.74) is 6.84. The van der Waals surface area contributed by atoms with Crippen LogP contribution in [0.15, 0.2) is 5.38 Å². The molecule has 1 radical (unpaired) electrons. The zero-order valence-corrected chi connectivity index (χ0v) is 4.88. The van der Waals surface area contributed by atoms with E-state index >= 15 is 0 Å². The molecule has 1 heterocycles. The van der Waals surface area contributed by atoms with Gasteiger partial charge in [0.2, 0.25) is 5.13 Å². The van der Waals surface area contributed by atoms with E-state index < -0.39 is 0 Å². The Kier molecular flexibility index (Phi) is 1.17. The topological polar surface area (TPSA) is 36.7 Å². The fourth-order valence-corrected chi connectivity index (χ4v) is 0.935. The molecule has 0 aliphatic heterocycles. The molecule has 0 fully saturated rings. The van der Waals surface area contributed by atoms with Crippen molar-refractivity contribution in [2.24, 2.45) is 0 Å². The van der Waals surface area contributed by atoms with Gasteiger partial charge in [-0.2, -0.15) is 0 Å². The van der Waals surface area contributed by atoms with Gasteiger partial charge in [-0.3, -0.25) is 5.73 Å². The van der Waals surface area contributed by atoms with Crippen LogP contribution in [0.3, 0.4) is 0 Å². The first-order chi connectivity index (χ1) is 3.29. The lowest BCUT2D eigenvalue weighted by molar-refractivity contribution is 1.34. The highest BCUT2D eigenvalue weighted by Crippen LogP contribution is 2.15. The Bertz CT molecular complexity index is 145. The van der Waals surface area contributed by atoms with Crippen molar-refractivity contribution in [3.8, 4) is 0 Å². The number of nitrogens with zero attached hydrogens (tertiary/aromatic N) is 1. The number of halogens is 1. The lowest BCUT2D eigenvalue weighted by Gasteiger charge is -1.68. The van der Waals surface area contributed by atoms with Gasteiger partial charge in [-0.1, -0.05) is 11.6 Å². The SMILES string of the molecule is [NH]c1nc(Cl)cs1. The minimum atomic E-state index is 0.269. The van der Waals surface area contributed by atoms with E-state index in [2.05, 4.69) is 4.98 Å². The molecular weight excluding hydrogens is 132 g/mol. The Labute approximate surface area is 49.9 Å². The van der Waals surface area contributed by atoms with Gasteiger partial charge >= 0.3 is 0 Å². The van der Waals surface area contributed by atoms with Crippen LogP contribution in [0.1, 0.15) is 0 Å². The molecule has 0 bridgehead atoms. The van der Waals surface area contributed by atoms with Crippen molar-refractivity contribution < 1.29 is 0 Å². The molecule has 1 aromatic heterocycles. The molecule has 4 heteroatoms. The molecule has 0 aliphatic carbocycles. The van der Waals surface area contributed by atoms with Crippen molar-refractivity contribution in [2.45, 2.75) is 0 Å². The molecule has 0 aliphatic rings. The summed E-state index contributed by atoms with van der Waals surface area (Å²) < 4.78 is 0. The molecule has 0 atom stereocenters. The van der Waals surface area contributed by atoms with Crippen LogP contribution in [0.2, 0.25) is 5.15 Å². The number of rotatable bonds is 0. The van der Waals surface area contributed by atoms with Crippen LogP contribution < -0.4 is 5.73 Å². The Morgan fingerprint density at radius 2 is 2.57 bits per heavy atom. The second kappa shape index (κ2) is 1.68. The minimum Gasteiger partial charge on any atom is -0.274 e. The fraction of sp³-hybridized carbons (Fsp3) is 0. The summed E-state index contributed by atoms with van der Waals surface area (Å²) in [6, 6.07) is 0. The van der Waals surface area contributed by atoms with Crippen molar-refractivity contribution in [3.05, 3.63) is 10.5 Å². The van der Waals surface area contributed by atoms with Crippen LogP contribution >= 0.6 is 22.9 Å². The highest BCUT2D eigenvalue weighted by molar-refractivity contribution is 7.13. The summed E-state index contributed by atoms with van der Waals surface area (Å²) >= 11 is 6.57. The molecule has 1 rings (SSSR count). The first kappa shape index (κ1) is 4.87. The summed E-state index contributed by atoms with van der Waals surface area (Å²) in [5.74, 6) is 0. The molecule has 37 valence electrons. The van der Waals surface area contributed by atoms with E-state index in [4.69, 9.17) is 17.3 Å². The predicted octanol–water partition coefficient (Wildman–Crippen LogP) is 1.71. The van der Waals surface area contributed by atoms with Gasteiger partial charge < -0.3 is 0 Å². The zero-order valence-electron chi connectivity index (χ0n) is 3.31. The van der Waals surface area contributed by atoms with Crippen molar-refractivity contribution in [1.29, 1.82) is 0 Å². The van der Waals surface area contributed by atoms with Crippen LogP contribution in [0, 0.1) is 0 Å². The minimum absolute atomic E-state index is 0.269. The maximum Gasteiger partial charge on any atom is 0.203 e. The van der Waals surface area contributed by atoms with Crippen molar-refractivity contribution in [2.75, 3.05) is 0 Å². The third-order valence-corrected chi connectivity index (χ3v) is 1.45. The third-order valence-electron chi connectivity index (χ3n) is 0.476. The summed E-state index contributed by atoms with van der Waals surface area (Å²) in [5, 5.41) is 2.31. The van der Waals surface area contributed by atoms with Crippen LogP contribution in [-0.2, 0) is 0 Å². The number of hydrogen-bond acceptors (Lipinski definition) is 2. The molecular formula is C3H2ClN2S. The Morgan fingerprint density at radius 1 is 1.86 bits per heavy atom. The molecule has 2 nitrogen and oxygen atoms in total. The Balaban J connectivity index is 3.04. The zero-order chi connectivity index (χ0) is 5.28. The van der Waals surface area contributed by atoms with Crippen LogP contribution in [0.5, 0.6) is 0 Å². The maximum absolute atomic E-state index is 6.84. The summed E-state index contributed by atoms with van der Waals surface area (Å²) in [6.07, 6.45) is 0. The van der Waals surface area contributed by atoms with Gasteiger partial charge in [0.25, 0.3) is 0 Å². The summed E-state index contributed by atoms with van der Waals surface area (Å²) in [7, 11) is 0. The van der Waals surface area contributed by atoms with Crippen LogP contribution in [0.25, 0.3) is 0 Å². The normalized spacial score (nSPS) is 9.29. The van der Waals surface area contributed by atoms with E-state index in [9.17, 15) is 0 Å². The molecule has 1 N–H and O–H groups in total. The van der Waals surface area contributed by atoms with Crippen molar-refractivity contribution in [1.82, 2.24) is 10.7 Å². The molecule has 0 amide bonds. The average molecular weight is 134 g/mol. The Morgan fingerprint density at radius 3 is 2.71 bits per heavy atom. The third kappa shape index (κ3) is 1.04. The van der Waals surface area contributed by atoms with E-state index in [1.807, 2.05) is 0 Å². The van der Waals surface area contributed by atoms with Gasteiger partial charge in [0, 0.05) is 5.38 Å². The van der Waals surface area contributed by atoms with Crippen molar-refractivity contribution >= 4 is 28.1 Å². The second-order valence-corrected chi connectivity index (χ2v) is 2.22. The predicted molar refractivity (Wildman–Crippen MR) is 29.9 cm³/mol. The highest BCUT2D eigenvalue weighted by atomic mass is 35.5. The van der Waals surface area contributed by atoms with Crippen molar-refractivity contribution in [3.63, 3.8) is 0 Å². The van der Waals surface area contributed by atoms with Gasteiger partial charge in [0.05, 0.1) is 0 Å². The molecule has 0 saturated heterocycles. The first-order valence-corrected chi connectivity index (χ1v) is 2.87. The number of nitrogens with one attached hydrogen (secondary N) is 1. The van der Waals surface area contributed by atoms with E-state index in [1.54, 1.807) is 5.38 Å². The van der Waals surface area contributed by atoms with Crippen LogP contribution in [-0.4, -0.2) is 4.98 Å². The molecule has 0 saturated carbocycles. The highest BCUT2D eigenvalue weighted by Gasteiger charge is 1.90. The smallest absolute Gasteiger partial charge is 0.203 e. The van der Waals surface area contributed by atoms with Gasteiger partial charge in [-0.05, 0) is 0 Å². The Hall–Kier alpha value is -0.280. The quantitative estimate of drug-likeness (QED) is 0.531. The van der Waals surface area contributed by atoms with E-state index in [0.717, 1.165) is 0 Å². The largest absolute Gasteiger partial charge is 0.274 e. The first-order valence-electron chi connectivity index (χ1n) is 1.61. The number of hydrogen-bond donors (Lipinski definition) is 0. The average Bonchev–Trinajstić information content (AvgIpc) is 1.87. The number of aromatic nitrogens is 1. The molecule has 1 aromatic rings. The van der Waals surface area contributed by atoms with Gasteiger partial charge in [-0.25, -0.2) is 4.98 Å². The second-order valence-electron chi connectivity index (χ2n) is 0.975. The lowest BCUT2D eigenvalue weighted by Crippen LogP contribution is -1.60. The summed E-state index contributed by atoms with van der Waals surface area (Å²) in [6.45, 7) is 0. The van der Waals surface area contributed by atoms with Gasteiger partial charge in [0.1, 0.15) is 5.15 Å². The number of thiazole rings is 1. The maximum atomic E-state index is 6.84. The molecule has 0 aromatic carbocycles. The fourth-order valence-electron chi connectivity index (χ4n) is 0.254. The monoisotopic (exact) mass is 133 g/mol. The van der Waals surface area contributed by atoms with Gasteiger partial charge in [0.15, 0.2) is 0 Å². The van der Waals surface area contributed by atoms with E-state index in [0.29, 0.717) is 5.15 Å². The summed E-state index contributed by atoms with van der Waals surface area (Å²) in [4.78, 5) is 3.56. The lowest BCUT2D eigenvalue weighted by atomic mass is 11.0. The standard InChI is InChI=1S/C3H2ClN2S/c4-2-1-7-3(5)6-2/h1,5H.